The maximum absolute atomic E-state index is 6.37. The first-order valence-corrected chi connectivity index (χ1v) is 10.9. The lowest BCUT2D eigenvalue weighted by Gasteiger charge is -2.22. The van der Waals surface area contributed by atoms with E-state index >= 15 is 0 Å². The van der Waals surface area contributed by atoms with Crippen LogP contribution >= 0.6 is 34.8 Å². The highest BCUT2D eigenvalue weighted by Gasteiger charge is 2.18. The SMILES string of the molecule is Clc1ccc(OCC2CCCCC2)c(Cn2nnnc2-c2cccc(Cl)c2Cl)c1. The van der Waals surface area contributed by atoms with Crippen LogP contribution in [0.4, 0.5) is 0 Å². The first kappa shape index (κ1) is 20.5. The van der Waals surface area contributed by atoms with Gasteiger partial charge in [0, 0.05) is 16.1 Å². The molecule has 5 nitrogen and oxygen atoms in total. The molecule has 29 heavy (non-hydrogen) atoms. The average molecular weight is 452 g/mol. The van der Waals surface area contributed by atoms with Crippen molar-refractivity contribution in [1.82, 2.24) is 20.2 Å². The Morgan fingerprint density at radius 2 is 1.86 bits per heavy atom. The van der Waals surface area contributed by atoms with Crippen LogP contribution < -0.4 is 4.74 Å². The topological polar surface area (TPSA) is 52.8 Å². The molecule has 3 aromatic rings. The van der Waals surface area contributed by atoms with Gasteiger partial charge in [0.2, 0.25) is 0 Å². The van der Waals surface area contributed by atoms with E-state index in [2.05, 4.69) is 15.5 Å². The molecule has 1 heterocycles. The molecule has 0 aliphatic heterocycles. The van der Waals surface area contributed by atoms with Crippen LogP contribution in [0.25, 0.3) is 11.4 Å². The third-order valence-electron chi connectivity index (χ3n) is 5.27. The quantitative estimate of drug-likeness (QED) is 0.441. The Morgan fingerprint density at radius 1 is 1.03 bits per heavy atom. The van der Waals surface area contributed by atoms with Gasteiger partial charge in [-0.25, -0.2) is 4.68 Å². The lowest BCUT2D eigenvalue weighted by molar-refractivity contribution is 0.207. The molecule has 0 saturated heterocycles. The number of nitrogens with zero attached hydrogens (tertiary/aromatic N) is 4. The van der Waals surface area contributed by atoms with Gasteiger partial charge in [0.25, 0.3) is 0 Å². The van der Waals surface area contributed by atoms with Gasteiger partial charge in [-0.1, -0.05) is 60.1 Å². The van der Waals surface area contributed by atoms with Crippen molar-refractivity contribution >= 4 is 34.8 Å². The molecular weight excluding hydrogens is 431 g/mol. The minimum absolute atomic E-state index is 0.408. The molecule has 0 N–H and O–H groups in total. The van der Waals surface area contributed by atoms with E-state index in [0.717, 1.165) is 17.9 Å². The molecule has 1 aliphatic rings. The van der Waals surface area contributed by atoms with Crippen molar-refractivity contribution in [2.45, 2.75) is 38.6 Å². The predicted octanol–water partition coefficient (Wildman–Crippen LogP) is 6.31. The molecular formula is C21H21Cl3N4O. The molecule has 0 atom stereocenters. The number of aromatic nitrogens is 4. The van der Waals surface area contributed by atoms with Crippen LogP contribution in [0.2, 0.25) is 15.1 Å². The Kier molecular flexibility index (Phi) is 6.58. The highest BCUT2D eigenvalue weighted by molar-refractivity contribution is 6.43. The number of halogens is 3. The van der Waals surface area contributed by atoms with Crippen LogP contribution in [0.1, 0.15) is 37.7 Å². The molecule has 0 radical (unpaired) electrons. The summed E-state index contributed by atoms with van der Waals surface area (Å²) in [4.78, 5) is 0. The van der Waals surface area contributed by atoms with Crippen LogP contribution in [0.5, 0.6) is 5.75 Å². The van der Waals surface area contributed by atoms with E-state index in [1.807, 2.05) is 30.3 Å². The van der Waals surface area contributed by atoms with E-state index in [9.17, 15) is 0 Å². The Bertz CT molecular complexity index is 986. The Labute approximate surface area is 184 Å². The summed E-state index contributed by atoms with van der Waals surface area (Å²) >= 11 is 18.8. The molecule has 0 bridgehead atoms. The van der Waals surface area contributed by atoms with Gasteiger partial charge in [0.1, 0.15) is 5.75 Å². The zero-order valence-corrected chi connectivity index (χ0v) is 18.1. The highest BCUT2D eigenvalue weighted by Crippen LogP contribution is 2.33. The highest BCUT2D eigenvalue weighted by atomic mass is 35.5. The van der Waals surface area contributed by atoms with Crippen LogP contribution in [0, 0.1) is 5.92 Å². The maximum atomic E-state index is 6.37. The summed E-state index contributed by atoms with van der Waals surface area (Å²) in [5.41, 5.74) is 1.59. The summed E-state index contributed by atoms with van der Waals surface area (Å²) in [6.07, 6.45) is 6.36. The van der Waals surface area contributed by atoms with Crippen LogP contribution in [-0.4, -0.2) is 26.8 Å². The summed E-state index contributed by atoms with van der Waals surface area (Å²) < 4.78 is 7.86. The van der Waals surface area contributed by atoms with Crippen LogP contribution in [0.3, 0.4) is 0 Å². The normalized spacial score (nSPS) is 14.9. The van der Waals surface area contributed by atoms with Crippen molar-refractivity contribution in [2.24, 2.45) is 5.92 Å². The fourth-order valence-corrected chi connectivity index (χ4v) is 4.30. The van der Waals surface area contributed by atoms with E-state index in [0.29, 0.717) is 38.9 Å². The second kappa shape index (κ2) is 9.33. The third-order valence-corrected chi connectivity index (χ3v) is 6.32. The van der Waals surface area contributed by atoms with Gasteiger partial charge in [0.05, 0.1) is 23.2 Å². The number of hydrogen-bond donors (Lipinski definition) is 0. The number of benzene rings is 2. The summed E-state index contributed by atoms with van der Waals surface area (Å²) in [7, 11) is 0. The molecule has 4 rings (SSSR count). The molecule has 0 amide bonds. The Hall–Kier alpha value is -1.82. The molecule has 2 aromatic carbocycles. The van der Waals surface area contributed by atoms with E-state index in [4.69, 9.17) is 39.5 Å². The predicted molar refractivity (Wildman–Crippen MR) is 116 cm³/mol. The summed E-state index contributed by atoms with van der Waals surface area (Å²) in [5.74, 6) is 1.95. The van der Waals surface area contributed by atoms with E-state index in [1.165, 1.54) is 32.1 Å². The molecule has 0 unspecified atom stereocenters. The zero-order valence-electron chi connectivity index (χ0n) is 15.8. The lowest BCUT2D eigenvalue weighted by Crippen LogP contribution is -2.16. The molecule has 8 heteroatoms. The van der Waals surface area contributed by atoms with Gasteiger partial charge >= 0.3 is 0 Å². The second-order valence-corrected chi connectivity index (χ2v) is 8.55. The zero-order chi connectivity index (χ0) is 20.2. The molecule has 1 saturated carbocycles. The van der Waals surface area contributed by atoms with Gasteiger partial charge in [0.15, 0.2) is 5.82 Å². The van der Waals surface area contributed by atoms with Gasteiger partial charge in [-0.3, -0.25) is 0 Å². The van der Waals surface area contributed by atoms with Crippen molar-refractivity contribution in [2.75, 3.05) is 6.61 Å². The van der Waals surface area contributed by atoms with Crippen molar-refractivity contribution in [3.63, 3.8) is 0 Å². The second-order valence-electron chi connectivity index (χ2n) is 7.33. The monoisotopic (exact) mass is 450 g/mol. The van der Waals surface area contributed by atoms with E-state index in [1.54, 1.807) is 10.7 Å². The Morgan fingerprint density at radius 3 is 2.69 bits per heavy atom. The molecule has 1 aliphatic carbocycles. The van der Waals surface area contributed by atoms with Crippen LogP contribution in [-0.2, 0) is 6.54 Å². The number of hydrogen-bond acceptors (Lipinski definition) is 4. The summed E-state index contributed by atoms with van der Waals surface area (Å²) in [6.45, 7) is 1.13. The molecule has 0 spiro atoms. The number of ether oxygens (including phenoxy) is 1. The van der Waals surface area contributed by atoms with Crippen molar-refractivity contribution in [3.05, 3.63) is 57.0 Å². The fourth-order valence-electron chi connectivity index (χ4n) is 3.72. The van der Waals surface area contributed by atoms with Gasteiger partial charge in [-0.05, 0) is 59.5 Å². The minimum Gasteiger partial charge on any atom is -0.493 e. The summed E-state index contributed by atoms with van der Waals surface area (Å²) in [6, 6.07) is 11.0. The van der Waals surface area contributed by atoms with Crippen molar-refractivity contribution in [3.8, 4) is 17.1 Å². The smallest absolute Gasteiger partial charge is 0.183 e. The van der Waals surface area contributed by atoms with E-state index < -0.39 is 0 Å². The average Bonchev–Trinajstić information content (AvgIpc) is 3.18. The first-order valence-electron chi connectivity index (χ1n) is 9.73. The van der Waals surface area contributed by atoms with Gasteiger partial charge < -0.3 is 4.74 Å². The maximum Gasteiger partial charge on any atom is 0.183 e. The molecule has 152 valence electrons. The van der Waals surface area contributed by atoms with E-state index in [-0.39, 0.29) is 0 Å². The Balaban J connectivity index is 1.58. The third kappa shape index (κ3) is 4.85. The van der Waals surface area contributed by atoms with Crippen molar-refractivity contribution in [1.29, 1.82) is 0 Å². The lowest BCUT2D eigenvalue weighted by atomic mass is 9.90. The largest absolute Gasteiger partial charge is 0.493 e. The minimum atomic E-state index is 0.408. The van der Waals surface area contributed by atoms with Crippen molar-refractivity contribution < 1.29 is 4.74 Å². The number of tetrazole rings is 1. The van der Waals surface area contributed by atoms with Gasteiger partial charge in [-0.2, -0.15) is 0 Å². The van der Waals surface area contributed by atoms with Gasteiger partial charge in [-0.15, -0.1) is 5.10 Å². The fraction of sp³-hybridized carbons (Fsp3) is 0.381. The molecule has 1 aromatic heterocycles. The number of rotatable bonds is 6. The van der Waals surface area contributed by atoms with Crippen LogP contribution in [0.15, 0.2) is 36.4 Å². The first-order chi connectivity index (χ1) is 14.1. The molecule has 1 fully saturated rings. The standard InChI is InChI=1S/C21H21Cl3N4O/c22-16-9-10-19(29-13-14-5-2-1-3-6-14)15(11-16)12-28-21(25-26-27-28)17-7-4-8-18(23)20(17)24/h4,7-11,14H,1-3,5-6,12-13H2. The summed E-state index contributed by atoms with van der Waals surface area (Å²) in [5, 5.41) is 13.6.